The molecule has 1 aliphatic rings. The van der Waals surface area contributed by atoms with Crippen molar-refractivity contribution in [2.24, 2.45) is 0 Å². The number of hydrogen-bond donors (Lipinski definition) is 1. The largest absolute Gasteiger partial charge is 0.453 e. The van der Waals surface area contributed by atoms with Crippen molar-refractivity contribution in [3.63, 3.8) is 0 Å². The smallest absolute Gasteiger partial charge is 0.324 e. The van der Waals surface area contributed by atoms with Gasteiger partial charge >= 0.3 is 6.18 Å². The fraction of sp³-hybridized carbons (Fsp3) is 0.111. The third-order valence-electron chi connectivity index (χ3n) is 4.10. The van der Waals surface area contributed by atoms with Crippen LogP contribution in [0.2, 0.25) is 0 Å². The summed E-state index contributed by atoms with van der Waals surface area (Å²) in [5.41, 5.74) is 1.02. The van der Waals surface area contributed by atoms with Crippen LogP contribution in [-0.4, -0.2) is 14.8 Å². The molecule has 1 N–H and O–H groups in total. The molecule has 9 heteroatoms. The molecule has 0 aliphatic carbocycles. The van der Waals surface area contributed by atoms with E-state index >= 15 is 0 Å². The lowest BCUT2D eigenvalue weighted by molar-refractivity contribution is -0.145. The molecule has 1 atom stereocenters. The maximum atomic E-state index is 14.3. The van der Waals surface area contributed by atoms with E-state index in [0.29, 0.717) is 11.3 Å². The van der Waals surface area contributed by atoms with E-state index in [4.69, 9.17) is 0 Å². The minimum Gasteiger partial charge on any atom is -0.324 e. The Kier molecular flexibility index (Phi) is 3.94. The van der Waals surface area contributed by atoms with Gasteiger partial charge in [-0.15, -0.1) is 5.10 Å². The average molecular weight is 378 g/mol. The van der Waals surface area contributed by atoms with E-state index in [1.165, 1.54) is 48.5 Å². The lowest BCUT2D eigenvalue weighted by Crippen LogP contribution is -2.21. The molecule has 0 fully saturated rings. The van der Waals surface area contributed by atoms with Gasteiger partial charge in [0.1, 0.15) is 17.7 Å². The fourth-order valence-corrected chi connectivity index (χ4v) is 2.85. The summed E-state index contributed by atoms with van der Waals surface area (Å²) in [5, 5.41) is 6.26. The van der Waals surface area contributed by atoms with Crippen LogP contribution in [0, 0.1) is 11.6 Å². The SMILES string of the molecule is Fc1ccc(C2=C[C@@H](c3ccccc3F)n3nc(C(F)(F)F)nc3N2)cc1. The van der Waals surface area contributed by atoms with Crippen molar-refractivity contribution in [3.8, 4) is 0 Å². The van der Waals surface area contributed by atoms with Gasteiger partial charge in [0, 0.05) is 11.3 Å². The molecule has 4 rings (SSSR count). The molecule has 0 saturated carbocycles. The molecular weight excluding hydrogens is 367 g/mol. The van der Waals surface area contributed by atoms with E-state index in [1.54, 1.807) is 6.07 Å². The van der Waals surface area contributed by atoms with Gasteiger partial charge in [-0.2, -0.15) is 18.2 Å². The topological polar surface area (TPSA) is 42.7 Å². The number of benzene rings is 2. The standard InChI is InChI=1S/C18H11F5N4/c19-11-7-5-10(6-8-11)14-9-15(12-3-1-2-4-13(12)20)27-17(24-14)25-16(26-27)18(21,22)23/h1-9,15H,(H,24,25,26)/t15-/m0/s1. The normalized spacial score (nSPS) is 16.5. The Balaban J connectivity index is 1.86. The highest BCUT2D eigenvalue weighted by atomic mass is 19.4. The lowest BCUT2D eigenvalue weighted by atomic mass is 10.0. The minimum atomic E-state index is -4.75. The van der Waals surface area contributed by atoms with Gasteiger partial charge in [0.05, 0.1) is 0 Å². The molecule has 4 nitrogen and oxygen atoms in total. The predicted octanol–water partition coefficient (Wildman–Crippen LogP) is 4.63. The van der Waals surface area contributed by atoms with Crippen LogP contribution < -0.4 is 5.32 Å². The number of rotatable bonds is 2. The van der Waals surface area contributed by atoms with Crippen molar-refractivity contribution in [1.29, 1.82) is 0 Å². The highest BCUT2D eigenvalue weighted by Crippen LogP contribution is 2.36. The van der Waals surface area contributed by atoms with E-state index in [-0.39, 0.29) is 11.5 Å². The Morgan fingerprint density at radius 3 is 2.33 bits per heavy atom. The Labute approximate surface area is 150 Å². The maximum Gasteiger partial charge on any atom is 0.453 e. The minimum absolute atomic E-state index is 0.137. The number of halogens is 5. The number of fused-ring (bicyclic) bond motifs is 1. The molecule has 0 saturated heterocycles. The van der Waals surface area contributed by atoms with Gasteiger partial charge in [-0.05, 0) is 42.0 Å². The highest BCUT2D eigenvalue weighted by molar-refractivity contribution is 5.77. The zero-order valence-electron chi connectivity index (χ0n) is 13.5. The molecule has 0 bridgehead atoms. The lowest BCUT2D eigenvalue weighted by Gasteiger charge is -2.24. The zero-order chi connectivity index (χ0) is 19.2. The summed E-state index contributed by atoms with van der Waals surface area (Å²) in [4.78, 5) is 3.50. The van der Waals surface area contributed by atoms with Crippen LogP contribution in [0.4, 0.5) is 27.9 Å². The number of hydrogen-bond acceptors (Lipinski definition) is 3. The summed E-state index contributed by atoms with van der Waals surface area (Å²) in [5.74, 6) is -2.56. The summed E-state index contributed by atoms with van der Waals surface area (Å²) in [7, 11) is 0. The quantitative estimate of drug-likeness (QED) is 0.661. The van der Waals surface area contributed by atoms with Gasteiger partial charge in [-0.25, -0.2) is 13.5 Å². The van der Waals surface area contributed by atoms with Crippen molar-refractivity contribution in [3.05, 3.63) is 83.2 Å². The van der Waals surface area contributed by atoms with Gasteiger partial charge in [-0.1, -0.05) is 18.2 Å². The van der Waals surface area contributed by atoms with Crippen LogP contribution >= 0.6 is 0 Å². The van der Waals surface area contributed by atoms with Gasteiger partial charge in [-0.3, -0.25) is 0 Å². The van der Waals surface area contributed by atoms with E-state index in [2.05, 4.69) is 15.4 Å². The molecule has 0 amide bonds. The average Bonchev–Trinajstić information content (AvgIpc) is 3.07. The van der Waals surface area contributed by atoms with Crippen molar-refractivity contribution in [1.82, 2.24) is 14.8 Å². The fourth-order valence-electron chi connectivity index (χ4n) is 2.85. The number of nitrogens with zero attached hydrogens (tertiary/aromatic N) is 3. The third kappa shape index (κ3) is 3.16. The molecule has 0 spiro atoms. The van der Waals surface area contributed by atoms with Gasteiger partial charge in [0.2, 0.25) is 5.95 Å². The summed E-state index contributed by atoms with van der Waals surface area (Å²) >= 11 is 0. The second kappa shape index (κ2) is 6.19. The predicted molar refractivity (Wildman–Crippen MR) is 87.6 cm³/mol. The molecule has 1 aliphatic heterocycles. The van der Waals surface area contributed by atoms with Crippen LogP contribution in [0.5, 0.6) is 0 Å². The maximum absolute atomic E-state index is 14.3. The summed E-state index contributed by atoms with van der Waals surface area (Å²) in [6, 6.07) is 10.1. The van der Waals surface area contributed by atoms with Gasteiger partial charge in [0.15, 0.2) is 0 Å². The Hall–Kier alpha value is -3.23. The van der Waals surface area contributed by atoms with Crippen molar-refractivity contribution < 1.29 is 22.0 Å². The van der Waals surface area contributed by atoms with Crippen LogP contribution in [0.1, 0.15) is 23.0 Å². The third-order valence-corrected chi connectivity index (χ3v) is 4.10. The van der Waals surface area contributed by atoms with E-state index in [0.717, 1.165) is 4.68 Å². The number of alkyl halides is 3. The van der Waals surface area contributed by atoms with E-state index in [9.17, 15) is 22.0 Å². The van der Waals surface area contributed by atoms with Crippen molar-refractivity contribution >= 4 is 11.6 Å². The number of nitrogens with one attached hydrogen (secondary N) is 1. The molecule has 0 unspecified atom stereocenters. The summed E-state index contributed by atoms with van der Waals surface area (Å²) in [6.07, 6.45) is -3.23. The molecular formula is C18H11F5N4. The molecule has 27 heavy (non-hydrogen) atoms. The molecule has 3 aromatic rings. The Morgan fingerprint density at radius 2 is 1.67 bits per heavy atom. The highest BCUT2D eigenvalue weighted by Gasteiger charge is 2.39. The van der Waals surface area contributed by atoms with E-state index < -0.39 is 29.7 Å². The van der Waals surface area contributed by atoms with Crippen LogP contribution in [0.3, 0.4) is 0 Å². The second-order valence-electron chi connectivity index (χ2n) is 5.88. The second-order valence-corrected chi connectivity index (χ2v) is 5.88. The molecule has 138 valence electrons. The van der Waals surface area contributed by atoms with Gasteiger partial charge in [0.25, 0.3) is 5.82 Å². The first-order chi connectivity index (χ1) is 12.8. The Bertz CT molecular complexity index is 1020. The molecule has 2 heterocycles. The first-order valence-electron chi connectivity index (χ1n) is 7.86. The number of aromatic nitrogens is 3. The summed E-state index contributed by atoms with van der Waals surface area (Å²) < 4.78 is 67.6. The van der Waals surface area contributed by atoms with E-state index in [1.807, 2.05) is 0 Å². The van der Waals surface area contributed by atoms with Crippen LogP contribution in [0.25, 0.3) is 5.70 Å². The summed E-state index contributed by atoms with van der Waals surface area (Å²) in [6.45, 7) is 0. The zero-order valence-corrected chi connectivity index (χ0v) is 13.5. The first-order valence-corrected chi connectivity index (χ1v) is 7.86. The van der Waals surface area contributed by atoms with Crippen molar-refractivity contribution in [2.45, 2.75) is 12.2 Å². The van der Waals surface area contributed by atoms with Crippen LogP contribution in [-0.2, 0) is 6.18 Å². The number of allylic oxidation sites excluding steroid dienone is 1. The van der Waals surface area contributed by atoms with Crippen molar-refractivity contribution in [2.75, 3.05) is 5.32 Å². The molecule has 0 radical (unpaired) electrons. The molecule has 2 aromatic carbocycles. The monoisotopic (exact) mass is 378 g/mol. The van der Waals surface area contributed by atoms with Crippen LogP contribution in [0.15, 0.2) is 54.6 Å². The first kappa shape index (κ1) is 17.2. The van der Waals surface area contributed by atoms with Gasteiger partial charge < -0.3 is 5.32 Å². The number of anilines is 1. The molecule has 1 aromatic heterocycles. The Morgan fingerprint density at radius 1 is 0.963 bits per heavy atom.